The van der Waals surface area contributed by atoms with Crippen molar-refractivity contribution in [3.63, 3.8) is 0 Å². The third-order valence-electron chi connectivity index (χ3n) is 3.82. The number of rotatable bonds is 5. The summed E-state index contributed by atoms with van der Waals surface area (Å²) >= 11 is 7.35. The van der Waals surface area contributed by atoms with Crippen LogP contribution in [0.2, 0.25) is 5.02 Å². The standard InChI is InChI=1S/C22H21ClN2OS/c1-16(2)15-25-21(26)20(10-6-9-17-7-4-3-5-8-17)27-22(25)24-19-13-11-18(23)12-14-19/h3-14,16H,15H2,1-2H3/b9-6+,20-10-,24-22?. The van der Waals surface area contributed by atoms with Crippen LogP contribution in [0.5, 0.6) is 0 Å². The van der Waals surface area contributed by atoms with E-state index in [0.717, 1.165) is 11.3 Å². The van der Waals surface area contributed by atoms with Gasteiger partial charge in [-0.05, 0) is 53.6 Å². The fourth-order valence-electron chi connectivity index (χ4n) is 2.57. The molecule has 0 saturated carbocycles. The molecule has 27 heavy (non-hydrogen) atoms. The molecule has 3 rings (SSSR count). The normalized spacial score (nSPS) is 17.8. The second kappa shape index (κ2) is 9.07. The van der Waals surface area contributed by atoms with Gasteiger partial charge in [0.2, 0.25) is 0 Å². The van der Waals surface area contributed by atoms with Crippen molar-refractivity contribution in [3.8, 4) is 0 Å². The number of carbonyl (C=O) groups is 1. The lowest BCUT2D eigenvalue weighted by molar-refractivity contribution is -0.122. The first-order valence-electron chi connectivity index (χ1n) is 8.80. The Hall–Kier alpha value is -2.30. The third-order valence-corrected chi connectivity index (χ3v) is 5.10. The number of carbonyl (C=O) groups excluding carboxylic acids is 1. The average molecular weight is 397 g/mol. The van der Waals surface area contributed by atoms with E-state index in [-0.39, 0.29) is 5.91 Å². The molecule has 2 aromatic carbocycles. The van der Waals surface area contributed by atoms with Gasteiger partial charge in [0.15, 0.2) is 5.17 Å². The van der Waals surface area contributed by atoms with Gasteiger partial charge < -0.3 is 0 Å². The number of hydrogen-bond acceptors (Lipinski definition) is 3. The van der Waals surface area contributed by atoms with Gasteiger partial charge in [-0.3, -0.25) is 9.69 Å². The maximum Gasteiger partial charge on any atom is 0.266 e. The van der Waals surface area contributed by atoms with Gasteiger partial charge in [0.25, 0.3) is 5.91 Å². The van der Waals surface area contributed by atoms with E-state index in [9.17, 15) is 4.79 Å². The first-order chi connectivity index (χ1) is 13.0. The molecule has 0 radical (unpaired) electrons. The fourth-order valence-corrected chi connectivity index (χ4v) is 3.65. The number of hydrogen-bond donors (Lipinski definition) is 0. The summed E-state index contributed by atoms with van der Waals surface area (Å²) < 4.78 is 0. The highest BCUT2D eigenvalue weighted by Crippen LogP contribution is 2.33. The van der Waals surface area contributed by atoms with Crippen molar-refractivity contribution >= 4 is 46.2 Å². The quantitative estimate of drug-likeness (QED) is 0.567. The summed E-state index contributed by atoms with van der Waals surface area (Å²) in [5.74, 6) is 0.350. The minimum Gasteiger partial charge on any atom is -0.286 e. The lowest BCUT2D eigenvalue weighted by Crippen LogP contribution is -2.32. The van der Waals surface area contributed by atoms with E-state index in [0.29, 0.717) is 27.6 Å². The Kier molecular flexibility index (Phi) is 6.54. The number of amides is 1. The van der Waals surface area contributed by atoms with Gasteiger partial charge in [-0.2, -0.15) is 0 Å². The molecular formula is C22H21ClN2OS. The molecule has 1 heterocycles. The van der Waals surface area contributed by atoms with Crippen LogP contribution in [-0.4, -0.2) is 22.5 Å². The zero-order valence-corrected chi connectivity index (χ0v) is 16.9. The molecule has 1 saturated heterocycles. The molecule has 2 aromatic rings. The Labute approximate surface area is 169 Å². The Morgan fingerprint density at radius 3 is 2.48 bits per heavy atom. The smallest absolute Gasteiger partial charge is 0.266 e. The number of amidine groups is 1. The van der Waals surface area contributed by atoms with Crippen molar-refractivity contribution in [2.24, 2.45) is 10.9 Å². The van der Waals surface area contributed by atoms with Gasteiger partial charge in [0.05, 0.1) is 10.6 Å². The molecule has 0 N–H and O–H groups in total. The second-order valence-electron chi connectivity index (χ2n) is 6.58. The average Bonchev–Trinajstić information content (AvgIpc) is 2.93. The molecule has 0 aromatic heterocycles. The lowest BCUT2D eigenvalue weighted by Gasteiger charge is -2.17. The molecule has 1 amide bonds. The molecule has 0 unspecified atom stereocenters. The summed E-state index contributed by atoms with van der Waals surface area (Å²) in [5.41, 5.74) is 1.88. The first-order valence-corrected chi connectivity index (χ1v) is 10.00. The highest BCUT2D eigenvalue weighted by Gasteiger charge is 2.33. The zero-order chi connectivity index (χ0) is 19.2. The highest BCUT2D eigenvalue weighted by molar-refractivity contribution is 8.18. The highest BCUT2D eigenvalue weighted by atomic mass is 35.5. The summed E-state index contributed by atoms with van der Waals surface area (Å²) in [6.45, 7) is 4.82. The molecule has 1 aliphatic rings. The van der Waals surface area contributed by atoms with Crippen LogP contribution in [0.1, 0.15) is 19.4 Å². The minimum absolute atomic E-state index is 0.000810. The van der Waals surface area contributed by atoms with Crippen molar-refractivity contribution in [2.75, 3.05) is 6.54 Å². The van der Waals surface area contributed by atoms with Crippen molar-refractivity contribution in [1.29, 1.82) is 0 Å². The van der Waals surface area contributed by atoms with E-state index in [2.05, 4.69) is 18.8 Å². The molecule has 0 spiro atoms. The number of halogens is 1. The number of benzene rings is 2. The molecule has 3 nitrogen and oxygen atoms in total. The predicted octanol–water partition coefficient (Wildman–Crippen LogP) is 6.16. The van der Waals surface area contributed by atoms with Crippen LogP contribution in [0.4, 0.5) is 5.69 Å². The summed E-state index contributed by atoms with van der Waals surface area (Å²) in [7, 11) is 0. The Balaban J connectivity index is 1.84. The third kappa shape index (κ3) is 5.34. The van der Waals surface area contributed by atoms with E-state index in [1.807, 2.05) is 60.7 Å². The summed E-state index contributed by atoms with van der Waals surface area (Å²) in [6.07, 6.45) is 5.76. The molecule has 138 valence electrons. The van der Waals surface area contributed by atoms with Crippen LogP contribution in [-0.2, 0) is 4.79 Å². The Bertz CT molecular complexity index is 886. The van der Waals surface area contributed by atoms with E-state index in [4.69, 9.17) is 11.6 Å². The summed E-state index contributed by atoms with van der Waals surface area (Å²) in [5, 5.41) is 1.37. The number of aliphatic imine (C=N–C) groups is 1. The van der Waals surface area contributed by atoms with Gasteiger partial charge in [-0.15, -0.1) is 0 Å². The molecule has 0 atom stereocenters. The number of nitrogens with zero attached hydrogens (tertiary/aromatic N) is 2. The molecule has 1 fully saturated rings. The summed E-state index contributed by atoms with van der Waals surface area (Å²) in [6, 6.07) is 17.3. The van der Waals surface area contributed by atoms with E-state index in [1.54, 1.807) is 17.0 Å². The van der Waals surface area contributed by atoms with Crippen LogP contribution in [0, 0.1) is 5.92 Å². The van der Waals surface area contributed by atoms with Gasteiger partial charge in [0.1, 0.15) is 0 Å². The van der Waals surface area contributed by atoms with Gasteiger partial charge in [0, 0.05) is 11.6 Å². The largest absolute Gasteiger partial charge is 0.286 e. The molecule has 5 heteroatoms. The second-order valence-corrected chi connectivity index (χ2v) is 8.03. The number of thioether (sulfide) groups is 1. The Morgan fingerprint density at radius 1 is 1.11 bits per heavy atom. The predicted molar refractivity (Wildman–Crippen MR) is 116 cm³/mol. The van der Waals surface area contributed by atoms with Crippen LogP contribution >= 0.6 is 23.4 Å². The first kappa shape index (κ1) is 19.5. The molecule has 0 aliphatic carbocycles. The van der Waals surface area contributed by atoms with E-state index >= 15 is 0 Å². The van der Waals surface area contributed by atoms with Crippen LogP contribution in [0.3, 0.4) is 0 Å². The van der Waals surface area contributed by atoms with E-state index < -0.39 is 0 Å². The van der Waals surface area contributed by atoms with Gasteiger partial charge in [-0.25, -0.2) is 4.99 Å². The van der Waals surface area contributed by atoms with E-state index in [1.165, 1.54) is 11.8 Å². The summed E-state index contributed by atoms with van der Waals surface area (Å²) in [4.78, 5) is 19.9. The van der Waals surface area contributed by atoms with Crippen LogP contribution in [0.15, 0.2) is 76.6 Å². The maximum absolute atomic E-state index is 12.8. The maximum atomic E-state index is 12.8. The lowest BCUT2D eigenvalue weighted by atomic mass is 10.2. The van der Waals surface area contributed by atoms with Crippen molar-refractivity contribution in [3.05, 3.63) is 82.2 Å². The van der Waals surface area contributed by atoms with Crippen molar-refractivity contribution < 1.29 is 4.79 Å². The Morgan fingerprint density at radius 2 is 1.81 bits per heavy atom. The SMILES string of the molecule is CC(C)CN1C(=O)/C(=C/C=C/c2ccccc2)SC1=Nc1ccc(Cl)cc1. The van der Waals surface area contributed by atoms with Crippen molar-refractivity contribution in [2.45, 2.75) is 13.8 Å². The number of allylic oxidation sites excluding steroid dienone is 2. The molecular weight excluding hydrogens is 376 g/mol. The monoisotopic (exact) mass is 396 g/mol. The fraction of sp³-hybridized carbons (Fsp3) is 0.182. The topological polar surface area (TPSA) is 32.7 Å². The van der Waals surface area contributed by atoms with Crippen LogP contribution in [0.25, 0.3) is 6.08 Å². The van der Waals surface area contributed by atoms with Crippen LogP contribution < -0.4 is 0 Å². The minimum atomic E-state index is -0.000810. The molecule has 1 aliphatic heterocycles. The zero-order valence-electron chi connectivity index (χ0n) is 15.3. The van der Waals surface area contributed by atoms with Crippen molar-refractivity contribution in [1.82, 2.24) is 4.90 Å². The van der Waals surface area contributed by atoms with Gasteiger partial charge >= 0.3 is 0 Å². The molecule has 0 bridgehead atoms. The van der Waals surface area contributed by atoms with Gasteiger partial charge in [-0.1, -0.05) is 67.9 Å².